The molecule has 0 unspecified atom stereocenters. The molecule has 1 aromatic carbocycles. The molecule has 0 aromatic heterocycles. The van der Waals surface area contributed by atoms with Gasteiger partial charge in [0.05, 0.1) is 0 Å². The second kappa shape index (κ2) is 9.90. The molecule has 1 aromatic rings. The first-order valence-electron chi connectivity index (χ1n) is 6.63. The van der Waals surface area contributed by atoms with Crippen LogP contribution in [0.2, 0.25) is 0 Å². The summed E-state index contributed by atoms with van der Waals surface area (Å²) in [6, 6.07) is 7.68. The van der Waals surface area contributed by atoms with E-state index in [0.717, 1.165) is 11.1 Å². The lowest BCUT2D eigenvalue weighted by molar-refractivity contribution is -0.149. The predicted molar refractivity (Wildman–Crippen MR) is 76.7 cm³/mol. The van der Waals surface area contributed by atoms with E-state index >= 15 is 0 Å². The number of carbonyl (C=O) groups excluding carboxylic acids is 2. The summed E-state index contributed by atoms with van der Waals surface area (Å²) in [6.45, 7) is 0.766. The molecule has 0 aliphatic heterocycles. The number of benzene rings is 1. The van der Waals surface area contributed by atoms with E-state index in [9.17, 15) is 9.59 Å². The van der Waals surface area contributed by atoms with Crippen LogP contribution in [-0.4, -0.2) is 45.9 Å². The lowest BCUT2D eigenvalue weighted by Gasteiger charge is -2.08. The van der Waals surface area contributed by atoms with Gasteiger partial charge in [-0.3, -0.25) is 4.79 Å². The fourth-order valence-electron chi connectivity index (χ4n) is 1.73. The van der Waals surface area contributed by atoms with E-state index in [1.54, 1.807) is 0 Å². The van der Waals surface area contributed by atoms with Gasteiger partial charge >= 0.3 is 5.97 Å². The SMILES string of the molecule is COCC(=O)NCCc1cccc(COC(=O)COC)c1. The molecule has 1 rings (SSSR count). The van der Waals surface area contributed by atoms with Crippen LogP contribution >= 0.6 is 0 Å². The topological polar surface area (TPSA) is 73.9 Å². The molecule has 0 bridgehead atoms. The third-order valence-corrected chi connectivity index (χ3v) is 2.66. The van der Waals surface area contributed by atoms with Crippen LogP contribution in [0.15, 0.2) is 24.3 Å². The van der Waals surface area contributed by atoms with Gasteiger partial charge in [0.1, 0.15) is 19.8 Å². The number of methoxy groups -OCH3 is 2. The molecule has 0 spiro atoms. The fraction of sp³-hybridized carbons (Fsp3) is 0.467. The average molecular weight is 295 g/mol. The number of rotatable bonds is 9. The molecule has 0 saturated carbocycles. The molecule has 0 radical (unpaired) electrons. The summed E-state index contributed by atoms with van der Waals surface area (Å²) in [5.41, 5.74) is 1.97. The minimum absolute atomic E-state index is 0.0504. The van der Waals surface area contributed by atoms with Crippen molar-refractivity contribution in [1.82, 2.24) is 5.32 Å². The summed E-state index contributed by atoms with van der Waals surface area (Å²) in [5, 5.41) is 2.75. The van der Waals surface area contributed by atoms with E-state index in [-0.39, 0.29) is 25.7 Å². The van der Waals surface area contributed by atoms with Crippen LogP contribution in [0.25, 0.3) is 0 Å². The van der Waals surface area contributed by atoms with Crippen molar-refractivity contribution < 1.29 is 23.8 Å². The number of ether oxygens (including phenoxy) is 3. The summed E-state index contributed by atoms with van der Waals surface area (Å²) in [6.07, 6.45) is 0.704. The molecule has 0 saturated heterocycles. The maximum atomic E-state index is 11.2. The van der Waals surface area contributed by atoms with Gasteiger partial charge in [-0.15, -0.1) is 0 Å². The molecule has 1 amide bonds. The number of amides is 1. The molecule has 0 aliphatic rings. The Hall–Kier alpha value is -1.92. The van der Waals surface area contributed by atoms with Gasteiger partial charge in [0.2, 0.25) is 5.91 Å². The lowest BCUT2D eigenvalue weighted by Crippen LogP contribution is -2.28. The van der Waals surface area contributed by atoms with Crippen LogP contribution in [0, 0.1) is 0 Å². The molecule has 0 heterocycles. The zero-order chi connectivity index (χ0) is 15.5. The second-order valence-electron chi connectivity index (χ2n) is 4.45. The third-order valence-electron chi connectivity index (χ3n) is 2.66. The molecule has 0 fully saturated rings. The van der Waals surface area contributed by atoms with Gasteiger partial charge in [-0.2, -0.15) is 0 Å². The average Bonchev–Trinajstić information content (AvgIpc) is 2.46. The van der Waals surface area contributed by atoms with Crippen LogP contribution in [0.1, 0.15) is 11.1 Å². The summed E-state index contributed by atoms with van der Waals surface area (Å²) in [4.78, 5) is 22.4. The maximum absolute atomic E-state index is 11.2. The number of hydrogen-bond donors (Lipinski definition) is 1. The number of carbonyl (C=O) groups is 2. The Bertz CT molecular complexity index is 461. The van der Waals surface area contributed by atoms with Gasteiger partial charge < -0.3 is 19.5 Å². The van der Waals surface area contributed by atoms with E-state index in [4.69, 9.17) is 9.47 Å². The highest BCUT2D eigenvalue weighted by molar-refractivity contribution is 5.77. The van der Waals surface area contributed by atoms with Crippen molar-refractivity contribution in [3.05, 3.63) is 35.4 Å². The zero-order valence-electron chi connectivity index (χ0n) is 12.4. The standard InChI is InChI=1S/C15H21NO5/c1-19-10-14(17)16-7-6-12-4-3-5-13(8-12)9-21-15(18)11-20-2/h3-5,8H,6-7,9-11H2,1-2H3,(H,16,17). The zero-order valence-corrected chi connectivity index (χ0v) is 12.4. The molecule has 116 valence electrons. The van der Waals surface area contributed by atoms with Crippen LogP contribution in [0.5, 0.6) is 0 Å². The third kappa shape index (κ3) is 7.43. The van der Waals surface area contributed by atoms with E-state index in [0.29, 0.717) is 13.0 Å². The predicted octanol–water partition coefficient (Wildman–Crippen LogP) is 0.681. The highest BCUT2D eigenvalue weighted by Crippen LogP contribution is 2.07. The van der Waals surface area contributed by atoms with E-state index < -0.39 is 5.97 Å². The first-order valence-corrected chi connectivity index (χ1v) is 6.63. The van der Waals surface area contributed by atoms with Gasteiger partial charge in [-0.05, 0) is 17.5 Å². The Morgan fingerprint density at radius 2 is 1.81 bits per heavy atom. The highest BCUT2D eigenvalue weighted by Gasteiger charge is 2.04. The van der Waals surface area contributed by atoms with E-state index in [2.05, 4.69) is 10.1 Å². The van der Waals surface area contributed by atoms with Crippen molar-refractivity contribution in [1.29, 1.82) is 0 Å². The highest BCUT2D eigenvalue weighted by atomic mass is 16.6. The summed E-state index contributed by atoms with van der Waals surface area (Å²) in [5.74, 6) is -0.531. The van der Waals surface area contributed by atoms with E-state index in [1.165, 1.54) is 14.2 Å². The number of nitrogens with one attached hydrogen (secondary N) is 1. The molecule has 1 N–H and O–H groups in total. The van der Waals surface area contributed by atoms with Crippen molar-refractivity contribution in [3.8, 4) is 0 Å². The van der Waals surface area contributed by atoms with Crippen molar-refractivity contribution in [2.24, 2.45) is 0 Å². The van der Waals surface area contributed by atoms with Gasteiger partial charge in [0.25, 0.3) is 0 Å². The van der Waals surface area contributed by atoms with Crippen molar-refractivity contribution >= 4 is 11.9 Å². The number of esters is 1. The molecular weight excluding hydrogens is 274 g/mol. The Morgan fingerprint density at radius 3 is 2.52 bits per heavy atom. The lowest BCUT2D eigenvalue weighted by atomic mass is 10.1. The van der Waals surface area contributed by atoms with Gasteiger partial charge in [-0.1, -0.05) is 24.3 Å². The summed E-state index contributed by atoms with van der Waals surface area (Å²) in [7, 11) is 2.92. The first-order chi connectivity index (χ1) is 10.2. The Kier molecular flexibility index (Phi) is 8.08. The minimum Gasteiger partial charge on any atom is -0.459 e. The first kappa shape index (κ1) is 17.1. The summed E-state index contributed by atoms with van der Waals surface area (Å²) < 4.78 is 14.5. The largest absolute Gasteiger partial charge is 0.459 e. The minimum atomic E-state index is -0.394. The van der Waals surface area contributed by atoms with Crippen LogP contribution in [-0.2, 0) is 36.8 Å². The molecule has 0 aliphatic carbocycles. The maximum Gasteiger partial charge on any atom is 0.332 e. The molecule has 6 heteroatoms. The van der Waals surface area contributed by atoms with Crippen LogP contribution < -0.4 is 5.32 Å². The second-order valence-corrected chi connectivity index (χ2v) is 4.45. The van der Waals surface area contributed by atoms with Crippen molar-refractivity contribution in [2.75, 3.05) is 34.0 Å². The Balaban J connectivity index is 2.38. The van der Waals surface area contributed by atoms with Crippen molar-refractivity contribution in [3.63, 3.8) is 0 Å². The molecule has 6 nitrogen and oxygen atoms in total. The normalized spacial score (nSPS) is 10.2. The van der Waals surface area contributed by atoms with Crippen LogP contribution in [0.4, 0.5) is 0 Å². The Labute approximate surface area is 124 Å². The fourth-order valence-corrected chi connectivity index (χ4v) is 1.73. The number of hydrogen-bond acceptors (Lipinski definition) is 5. The van der Waals surface area contributed by atoms with E-state index in [1.807, 2.05) is 24.3 Å². The van der Waals surface area contributed by atoms with Crippen molar-refractivity contribution in [2.45, 2.75) is 13.0 Å². The van der Waals surface area contributed by atoms with Crippen LogP contribution in [0.3, 0.4) is 0 Å². The van der Waals surface area contributed by atoms with Gasteiger partial charge in [-0.25, -0.2) is 4.79 Å². The van der Waals surface area contributed by atoms with Gasteiger partial charge in [0, 0.05) is 20.8 Å². The molecular formula is C15H21NO5. The Morgan fingerprint density at radius 1 is 1.10 bits per heavy atom. The monoisotopic (exact) mass is 295 g/mol. The summed E-state index contributed by atoms with van der Waals surface area (Å²) >= 11 is 0. The smallest absolute Gasteiger partial charge is 0.332 e. The van der Waals surface area contributed by atoms with Gasteiger partial charge in [0.15, 0.2) is 0 Å². The molecule has 0 atom stereocenters. The quantitative estimate of drug-likeness (QED) is 0.678. The molecule has 21 heavy (non-hydrogen) atoms.